The van der Waals surface area contributed by atoms with E-state index in [2.05, 4.69) is 0 Å². The molecule has 1 aliphatic rings. The van der Waals surface area contributed by atoms with Crippen LogP contribution in [-0.2, 0) is 19.1 Å². The lowest BCUT2D eigenvalue weighted by atomic mass is 10.1. The number of benzene rings is 2. The summed E-state index contributed by atoms with van der Waals surface area (Å²) in [7, 11) is -3.74. The zero-order chi connectivity index (χ0) is 17.5. The molecule has 0 heterocycles. The predicted octanol–water partition coefficient (Wildman–Crippen LogP) is 1.54. The van der Waals surface area contributed by atoms with Crippen LogP contribution in [0, 0.1) is 5.41 Å². The fraction of sp³-hybridized carbons (Fsp3) is 0.250. The first-order valence-electron chi connectivity index (χ1n) is 7.20. The summed E-state index contributed by atoms with van der Waals surface area (Å²) >= 11 is 0. The molecule has 1 saturated carbocycles. The average Bonchev–Trinajstić information content (AvgIpc) is 3.25. The van der Waals surface area contributed by atoms with Crippen LogP contribution in [0.25, 0.3) is 10.8 Å². The fourth-order valence-electron chi connectivity index (χ4n) is 2.38. The third kappa shape index (κ3) is 3.39. The van der Waals surface area contributed by atoms with E-state index in [-0.39, 0.29) is 5.84 Å². The first-order valence-corrected chi connectivity index (χ1v) is 9.01. The van der Waals surface area contributed by atoms with Crippen molar-refractivity contribution in [2.45, 2.75) is 18.4 Å². The van der Waals surface area contributed by atoms with Gasteiger partial charge in [0.25, 0.3) is 10.1 Å². The van der Waals surface area contributed by atoms with Gasteiger partial charge < -0.3 is 10.5 Å². The van der Waals surface area contributed by atoms with Crippen molar-refractivity contribution in [1.29, 1.82) is 5.41 Å². The lowest BCUT2D eigenvalue weighted by Gasteiger charge is -2.14. The summed E-state index contributed by atoms with van der Waals surface area (Å²) in [5, 5.41) is 9.09. The second-order valence-electron chi connectivity index (χ2n) is 5.81. The molecule has 1 fully saturated rings. The van der Waals surface area contributed by atoms with Gasteiger partial charge in [0.15, 0.2) is 5.60 Å². The van der Waals surface area contributed by atoms with E-state index in [1.165, 1.54) is 0 Å². The van der Waals surface area contributed by atoms with Crippen molar-refractivity contribution in [1.82, 2.24) is 0 Å². The number of esters is 1. The Morgan fingerprint density at radius 2 is 1.79 bits per heavy atom. The summed E-state index contributed by atoms with van der Waals surface area (Å²) in [6.45, 7) is 0. The predicted molar refractivity (Wildman–Crippen MR) is 88.5 cm³/mol. The number of hydrogen-bond donors (Lipinski definition) is 2. The van der Waals surface area contributed by atoms with Crippen molar-refractivity contribution in [3.8, 4) is 5.75 Å². The van der Waals surface area contributed by atoms with Crippen LogP contribution in [0.4, 0.5) is 0 Å². The van der Waals surface area contributed by atoms with E-state index in [0.717, 1.165) is 17.0 Å². The number of carbonyl (C=O) groups excluding carboxylic acids is 1. The minimum absolute atomic E-state index is 0.0268. The molecule has 0 bridgehead atoms. The smallest absolute Gasteiger partial charge is 0.345 e. The summed E-state index contributed by atoms with van der Waals surface area (Å²) in [5.74, 6) is -0.444. The molecule has 0 aliphatic heterocycles. The molecular formula is C16H16N2O5S. The Bertz CT molecular complexity index is 948. The molecule has 0 aromatic heterocycles. The molecular weight excluding hydrogens is 332 g/mol. The van der Waals surface area contributed by atoms with E-state index < -0.39 is 21.7 Å². The van der Waals surface area contributed by atoms with E-state index in [1.54, 1.807) is 36.4 Å². The molecule has 0 unspecified atom stereocenters. The quantitative estimate of drug-likeness (QED) is 0.278. The Hall–Kier alpha value is -2.45. The minimum atomic E-state index is -3.74. The molecule has 126 valence electrons. The topological polar surface area (TPSA) is 120 Å². The first-order chi connectivity index (χ1) is 11.2. The summed E-state index contributed by atoms with van der Waals surface area (Å²) < 4.78 is 32.6. The number of rotatable bonds is 5. The number of nitrogens with one attached hydrogen (secondary N) is 1. The number of hydrogen-bond acceptors (Lipinski definition) is 6. The molecule has 3 rings (SSSR count). The van der Waals surface area contributed by atoms with Gasteiger partial charge in [0.1, 0.15) is 11.6 Å². The first kappa shape index (κ1) is 16.4. The fourth-order valence-corrected chi connectivity index (χ4v) is 3.19. The van der Waals surface area contributed by atoms with E-state index >= 15 is 0 Å². The second-order valence-corrected chi connectivity index (χ2v) is 7.38. The second kappa shape index (κ2) is 5.57. The molecule has 0 atom stereocenters. The van der Waals surface area contributed by atoms with Crippen molar-refractivity contribution in [2.24, 2.45) is 5.73 Å². The van der Waals surface area contributed by atoms with Gasteiger partial charge in [0, 0.05) is 5.56 Å². The van der Waals surface area contributed by atoms with E-state index in [9.17, 15) is 13.2 Å². The summed E-state index contributed by atoms with van der Waals surface area (Å²) in [6.07, 6.45) is 1.53. The van der Waals surface area contributed by atoms with E-state index in [0.29, 0.717) is 24.2 Å². The molecule has 24 heavy (non-hydrogen) atoms. The molecule has 3 N–H and O–H groups in total. The highest BCUT2D eigenvalue weighted by Gasteiger charge is 2.56. The number of fused-ring (bicyclic) bond motifs is 1. The molecule has 2 aromatic rings. The largest absolute Gasteiger partial charge is 0.424 e. The van der Waals surface area contributed by atoms with Crippen LogP contribution in [0.5, 0.6) is 5.75 Å². The van der Waals surface area contributed by atoms with Crippen LogP contribution in [0.1, 0.15) is 18.4 Å². The zero-order valence-electron chi connectivity index (χ0n) is 12.9. The number of nitrogens with two attached hydrogens (primary N) is 1. The summed E-state index contributed by atoms with van der Waals surface area (Å²) in [5.41, 5.74) is 4.67. The lowest BCUT2D eigenvalue weighted by molar-refractivity contribution is -0.144. The molecule has 7 nitrogen and oxygen atoms in total. The molecule has 0 amide bonds. The van der Waals surface area contributed by atoms with Gasteiger partial charge >= 0.3 is 5.97 Å². The third-order valence-electron chi connectivity index (χ3n) is 3.72. The summed E-state index contributed by atoms with van der Waals surface area (Å²) in [4.78, 5) is 12.2. The number of nitrogen functional groups attached to an aromatic ring is 1. The van der Waals surface area contributed by atoms with Crippen molar-refractivity contribution in [3.63, 3.8) is 0 Å². The van der Waals surface area contributed by atoms with Crippen LogP contribution in [0.3, 0.4) is 0 Å². The van der Waals surface area contributed by atoms with E-state index in [1.807, 2.05) is 0 Å². The zero-order valence-corrected chi connectivity index (χ0v) is 13.7. The molecule has 0 spiro atoms. The van der Waals surface area contributed by atoms with Crippen molar-refractivity contribution in [3.05, 3.63) is 42.0 Å². The SMILES string of the molecule is CS(=O)(=O)OC1(C(=O)Oc2ccc3cc(C(=N)N)ccc3c2)CC1. The van der Waals surface area contributed by atoms with Crippen molar-refractivity contribution in [2.75, 3.05) is 6.26 Å². The van der Waals surface area contributed by atoms with E-state index in [4.69, 9.17) is 20.1 Å². The van der Waals surface area contributed by atoms with Crippen LogP contribution in [0.15, 0.2) is 36.4 Å². The Morgan fingerprint density at radius 1 is 1.17 bits per heavy atom. The lowest BCUT2D eigenvalue weighted by Crippen LogP contribution is -2.32. The molecule has 0 saturated heterocycles. The van der Waals surface area contributed by atoms with Gasteiger partial charge in [-0.3, -0.25) is 9.59 Å². The van der Waals surface area contributed by atoms with Gasteiger partial charge in [-0.1, -0.05) is 18.2 Å². The van der Waals surface area contributed by atoms with Crippen LogP contribution in [0.2, 0.25) is 0 Å². The summed E-state index contributed by atoms with van der Waals surface area (Å²) in [6, 6.07) is 10.2. The standard InChI is InChI=1S/C16H16N2O5S/c1-24(20,21)23-16(6-7-16)15(19)22-13-5-4-10-8-12(14(17)18)3-2-11(10)9-13/h2-5,8-9H,6-7H2,1H3,(H3,17,18). The highest BCUT2D eigenvalue weighted by Crippen LogP contribution is 2.42. The maximum atomic E-state index is 12.2. The van der Waals surface area contributed by atoms with Crippen LogP contribution >= 0.6 is 0 Å². The number of carbonyl (C=O) groups is 1. The maximum Gasteiger partial charge on any atom is 0.345 e. The van der Waals surface area contributed by atoms with Gasteiger partial charge in [0.05, 0.1) is 6.26 Å². The third-order valence-corrected chi connectivity index (χ3v) is 4.34. The number of amidine groups is 1. The highest BCUT2D eigenvalue weighted by atomic mass is 32.2. The normalized spacial score (nSPS) is 15.9. The molecule has 0 radical (unpaired) electrons. The van der Waals surface area contributed by atoms with Crippen LogP contribution < -0.4 is 10.5 Å². The number of ether oxygens (including phenoxy) is 1. The van der Waals surface area contributed by atoms with Gasteiger partial charge in [-0.05, 0) is 41.8 Å². The van der Waals surface area contributed by atoms with Gasteiger partial charge in [-0.25, -0.2) is 4.79 Å². The molecule has 8 heteroatoms. The molecule has 1 aliphatic carbocycles. The Morgan fingerprint density at radius 3 is 2.38 bits per heavy atom. The Balaban J connectivity index is 1.82. The maximum absolute atomic E-state index is 12.2. The van der Waals surface area contributed by atoms with Crippen molar-refractivity contribution < 1.29 is 22.1 Å². The van der Waals surface area contributed by atoms with Crippen molar-refractivity contribution >= 4 is 32.7 Å². The molecule has 2 aromatic carbocycles. The highest BCUT2D eigenvalue weighted by molar-refractivity contribution is 7.86. The minimum Gasteiger partial charge on any atom is -0.424 e. The Labute approximate surface area is 139 Å². The van der Waals surface area contributed by atoms with Gasteiger partial charge in [-0.15, -0.1) is 0 Å². The Kier molecular flexibility index (Phi) is 3.81. The van der Waals surface area contributed by atoms with Crippen LogP contribution in [-0.4, -0.2) is 32.1 Å². The average molecular weight is 348 g/mol. The van der Waals surface area contributed by atoms with Gasteiger partial charge in [0.2, 0.25) is 0 Å². The van der Waals surface area contributed by atoms with Gasteiger partial charge in [-0.2, -0.15) is 8.42 Å². The monoisotopic (exact) mass is 348 g/mol.